The summed E-state index contributed by atoms with van der Waals surface area (Å²) >= 11 is 5.82. The number of H-pyrrole nitrogens is 1. The van der Waals surface area contributed by atoms with Crippen molar-refractivity contribution in [2.45, 2.75) is 18.9 Å². The minimum absolute atomic E-state index is 0.0158. The first kappa shape index (κ1) is 18.4. The molecule has 9 heteroatoms. The van der Waals surface area contributed by atoms with E-state index in [1.807, 2.05) is 6.07 Å². The molecule has 3 N–H and O–H groups in total. The van der Waals surface area contributed by atoms with Crippen LogP contribution >= 0.6 is 11.6 Å². The molecule has 8 nitrogen and oxygen atoms in total. The summed E-state index contributed by atoms with van der Waals surface area (Å²) in [5.74, 6) is -0.552. The predicted octanol–water partition coefficient (Wildman–Crippen LogP) is 2.14. The van der Waals surface area contributed by atoms with Gasteiger partial charge in [0, 0.05) is 12.7 Å². The molecular weight excluding hydrogens is 384 g/mol. The number of oxime groups is 1. The zero-order valence-corrected chi connectivity index (χ0v) is 15.7. The number of benzene rings is 1. The second-order valence-electron chi connectivity index (χ2n) is 6.81. The van der Waals surface area contributed by atoms with Crippen LogP contribution in [0.25, 0.3) is 0 Å². The number of para-hydroxylation sites is 1. The maximum absolute atomic E-state index is 12.9. The maximum atomic E-state index is 12.9. The molecule has 4 rings (SSSR count). The Bertz CT molecular complexity index is 942. The maximum Gasteiger partial charge on any atom is 0.339 e. The summed E-state index contributed by atoms with van der Waals surface area (Å²) in [7, 11) is 0. The molecule has 2 aliphatic rings. The highest BCUT2D eigenvalue weighted by Crippen LogP contribution is 2.31. The number of hydrogen-bond acceptors (Lipinski definition) is 5. The van der Waals surface area contributed by atoms with E-state index in [-0.39, 0.29) is 24.3 Å². The van der Waals surface area contributed by atoms with Gasteiger partial charge in [-0.2, -0.15) is 0 Å². The Morgan fingerprint density at radius 1 is 1.36 bits per heavy atom. The Balaban J connectivity index is 1.45. The lowest BCUT2D eigenvalue weighted by atomic mass is 9.92. The fraction of sp³-hybridized carbons (Fsp3) is 0.316. The third kappa shape index (κ3) is 3.55. The fourth-order valence-corrected chi connectivity index (χ4v) is 3.65. The number of carbonyl (C=O) groups excluding carboxylic acids is 2. The molecule has 3 heterocycles. The van der Waals surface area contributed by atoms with Gasteiger partial charge in [-0.05, 0) is 31.0 Å². The van der Waals surface area contributed by atoms with Crippen molar-refractivity contribution in [2.75, 3.05) is 13.2 Å². The number of aromatic nitrogens is 1. The van der Waals surface area contributed by atoms with Gasteiger partial charge < -0.3 is 25.2 Å². The molecule has 0 spiro atoms. The van der Waals surface area contributed by atoms with Crippen LogP contribution in [0, 0.1) is 5.92 Å². The van der Waals surface area contributed by atoms with E-state index in [4.69, 9.17) is 26.9 Å². The van der Waals surface area contributed by atoms with Gasteiger partial charge in [0.2, 0.25) is 0 Å². The average Bonchev–Trinajstić information content (AvgIpc) is 3.10. The number of fused-ring (bicyclic) bond motifs is 2. The van der Waals surface area contributed by atoms with Gasteiger partial charge in [0.05, 0.1) is 28.2 Å². The first-order valence-corrected chi connectivity index (χ1v) is 9.32. The molecule has 1 amide bonds. The van der Waals surface area contributed by atoms with Crippen LogP contribution in [0.4, 0.5) is 0 Å². The van der Waals surface area contributed by atoms with Crippen LogP contribution in [0.1, 0.15) is 28.9 Å². The number of ether oxygens (including phenoxy) is 1. The molecule has 1 fully saturated rings. The smallest absolute Gasteiger partial charge is 0.339 e. The van der Waals surface area contributed by atoms with E-state index in [9.17, 15) is 9.59 Å². The summed E-state index contributed by atoms with van der Waals surface area (Å²) in [6.45, 7) is 0.660. The minimum Gasteiger partial charge on any atom is -0.491 e. The molecule has 2 atom stereocenters. The van der Waals surface area contributed by atoms with Crippen LogP contribution in [0.2, 0.25) is 5.02 Å². The van der Waals surface area contributed by atoms with Gasteiger partial charge in [-0.1, -0.05) is 28.9 Å². The molecule has 2 aliphatic heterocycles. The molecule has 1 saturated heterocycles. The number of nitrogens with zero attached hydrogens (tertiary/aromatic N) is 2. The van der Waals surface area contributed by atoms with Gasteiger partial charge in [0.25, 0.3) is 5.91 Å². The Hall–Kier alpha value is -3.00. The summed E-state index contributed by atoms with van der Waals surface area (Å²) in [5, 5.41) is 4.16. The number of hydrogen-bond donors (Lipinski definition) is 2. The van der Waals surface area contributed by atoms with E-state index < -0.39 is 11.9 Å². The molecule has 0 aliphatic carbocycles. The number of nitrogens with one attached hydrogen (secondary N) is 1. The van der Waals surface area contributed by atoms with Gasteiger partial charge in [-0.3, -0.25) is 4.79 Å². The van der Waals surface area contributed by atoms with Crippen molar-refractivity contribution in [3.63, 3.8) is 0 Å². The number of amidine groups is 1. The number of amides is 1. The molecule has 2 aromatic rings. The van der Waals surface area contributed by atoms with Crippen molar-refractivity contribution in [1.29, 1.82) is 0 Å². The normalized spacial score (nSPS) is 22.0. The molecule has 0 bridgehead atoms. The third-order valence-electron chi connectivity index (χ3n) is 5.01. The summed E-state index contributed by atoms with van der Waals surface area (Å²) < 4.78 is 5.78. The Morgan fingerprint density at radius 3 is 2.96 bits per heavy atom. The third-order valence-corrected chi connectivity index (χ3v) is 5.23. The van der Waals surface area contributed by atoms with E-state index in [2.05, 4.69) is 10.1 Å². The summed E-state index contributed by atoms with van der Waals surface area (Å²) in [6, 6.07) is 8.64. The van der Waals surface area contributed by atoms with Gasteiger partial charge >= 0.3 is 5.97 Å². The number of nitrogens with two attached hydrogens (primary N) is 1. The lowest BCUT2D eigenvalue weighted by Gasteiger charge is -2.36. The SMILES string of the molecule is N/C(=N\OC(=O)C1CCC2COc3ccccc3C(=O)N2C1)c1cc(Cl)c[nH]1. The van der Waals surface area contributed by atoms with Crippen LogP contribution < -0.4 is 10.5 Å². The fourth-order valence-electron chi connectivity index (χ4n) is 3.49. The number of carbonyl (C=O) groups is 2. The van der Waals surface area contributed by atoms with Crippen LogP contribution in [0.15, 0.2) is 41.7 Å². The van der Waals surface area contributed by atoms with Gasteiger partial charge in [0.1, 0.15) is 12.4 Å². The van der Waals surface area contributed by atoms with E-state index in [0.717, 1.165) is 0 Å². The minimum atomic E-state index is -0.523. The van der Waals surface area contributed by atoms with Gasteiger partial charge in [-0.15, -0.1) is 0 Å². The van der Waals surface area contributed by atoms with E-state index in [1.54, 1.807) is 35.4 Å². The zero-order valence-electron chi connectivity index (χ0n) is 14.9. The van der Waals surface area contributed by atoms with Crippen LogP contribution in [0.3, 0.4) is 0 Å². The largest absolute Gasteiger partial charge is 0.491 e. The topological polar surface area (TPSA) is 110 Å². The molecular formula is C19H19ClN4O4. The number of piperidine rings is 1. The summed E-state index contributed by atoms with van der Waals surface area (Å²) in [5.41, 5.74) is 6.75. The van der Waals surface area contributed by atoms with E-state index in [1.165, 1.54) is 0 Å². The standard InChI is InChI=1S/C19H19ClN4O4/c20-12-7-15(22-8-12)17(21)23-28-19(26)11-5-6-13-10-27-16-4-2-1-3-14(16)18(25)24(13)9-11/h1-4,7-8,11,13,22H,5-6,9-10H2,(H2,21,23). The van der Waals surface area contributed by atoms with Crippen LogP contribution in [-0.4, -0.2) is 46.8 Å². The van der Waals surface area contributed by atoms with Crippen molar-refractivity contribution >= 4 is 29.3 Å². The van der Waals surface area contributed by atoms with Crippen molar-refractivity contribution < 1.29 is 19.2 Å². The second kappa shape index (κ2) is 7.55. The highest BCUT2D eigenvalue weighted by Gasteiger charge is 2.39. The Labute approximate surface area is 166 Å². The van der Waals surface area contributed by atoms with Crippen molar-refractivity contribution in [3.05, 3.63) is 52.8 Å². The Morgan fingerprint density at radius 2 is 2.18 bits per heavy atom. The second-order valence-corrected chi connectivity index (χ2v) is 7.25. The molecule has 146 valence electrons. The number of aromatic amines is 1. The number of rotatable bonds is 3. The highest BCUT2D eigenvalue weighted by atomic mass is 35.5. The van der Waals surface area contributed by atoms with Gasteiger partial charge in [-0.25, -0.2) is 4.79 Å². The quantitative estimate of drug-likeness (QED) is 0.354. The van der Waals surface area contributed by atoms with Crippen molar-refractivity contribution in [1.82, 2.24) is 9.88 Å². The summed E-state index contributed by atoms with van der Waals surface area (Å²) in [4.78, 5) is 34.9. The molecule has 1 aromatic heterocycles. The predicted molar refractivity (Wildman–Crippen MR) is 102 cm³/mol. The molecule has 28 heavy (non-hydrogen) atoms. The molecule has 0 radical (unpaired) electrons. The first-order valence-electron chi connectivity index (χ1n) is 8.94. The van der Waals surface area contributed by atoms with E-state index in [0.29, 0.717) is 41.5 Å². The van der Waals surface area contributed by atoms with Crippen molar-refractivity contribution in [2.24, 2.45) is 16.8 Å². The average molecular weight is 403 g/mol. The summed E-state index contributed by atoms with van der Waals surface area (Å²) in [6.07, 6.45) is 2.77. The highest BCUT2D eigenvalue weighted by molar-refractivity contribution is 6.31. The van der Waals surface area contributed by atoms with Crippen molar-refractivity contribution in [3.8, 4) is 5.75 Å². The lowest BCUT2D eigenvalue weighted by molar-refractivity contribution is -0.150. The first-order chi connectivity index (χ1) is 13.5. The Kier molecular flexibility index (Phi) is 4.95. The van der Waals surface area contributed by atoms with E-state index >= 15 is 0 Å². The monoisotopic (exact) mass is 402 g/mol. The zero-order chi connectivity index (χ0) is 19.7. The lowest BCUT2D eigenvalue weighted by Crippen LogP contribution is -2.49. The number of halogens is 1. The molecule has 1 aromatic carbocycles. The van der Waals surface area contributed by atoms with Crippen LogP contribution in [0.5, 0.6) is 5.75 Å². The van der Waals surface area contributed by atoms with Crippen LogP contribution in [-0.2, 0) is 9.63 Å². The van der Waals surface area contributed by atoms with Gasteiger partial charge in [0.15, 0.2) is 5.84 Å². The molecule has 0 saturated carbocycles. The molecule has 2 unspecified atom stereocenters.